The smallest absolute Gasteiger partial charge is 0.303 e. The van der Waals surface area contributed by atoms with E-state index in [0.717, 1.165) is 6.42 Å². The number of amides is 1. The van der Waals surface area contributed by atoms with Crippen molar-refractivity contribution in [3.05, 3.63) is 11.6 Å². The molecule has 0 saturated carbocycles. The lowest BCUT2D eigenvalue weighted by Crippen LogP contribution is -2.26. The van der Waals surface area contributed by atoms with Gasteiger partial charge in [-0.2, -0.15) is 0 Å². The van der Waals surface area contributed by atoms with E-state index >= 15 is 0 Å². The van der Waals surface area contributed by atoms with Gasteiger partial charge in [0.2, 0.25) is 5.82 Å². The van der Waals surface area contributed by atoms with Crippen molar-refractivity contribution in [1.29, 1.82) is 0 Å². The first-order valence-corrected chi connectivity index (χ1v) is 5.88. The van der Waals surface area contributed by atoms with Crippen molar-refractivity contribution >= 4 is 11.9 Å². The molecule has 3 N–H and O–H groups in total. The van der Waals surface area contributed by atoms with Crippen molar-refractivity contribution in [2.45, 2.75) is 33.1 Å². The zero-order chi connectivity index (χ0) is 13.5. The van der Waals surface area contributed by atoms with Crippen LogP contribution in [-0.4, -0.2) is 38.7 Å². The molecule has 100 valence electrons. The molecule has 0 aliphatic rings. The molecule has 1 aromatic rings. The maximum Gasteiger partial charge on any atom is 0.303 e. The second-order valence-electron chi connectivity index (χ2n) is 4.33. The van der Waals surface area contributed by atoms with Crippen molar-refractivity contribution in [1.82, 2.24) is 20.5 Å². The van der Waals surface area contributed by atoms with Gasteiger partial charge in [0.25, 0.3) is 5.91 Å². The molecule has 1 rings (SSSR count). The minimum Gasteiger partial charge on any atom is -0.481 e. The topological polar surface area (TPSA) is 108 Å². The molecule has 0 spiro atoms. The first kappa shape index (κ1) is 14.1. The molecule has 18 heavy (non-hydrogen) atoms. The highest BCUT2D eigenvalue weighted by Gasteiger charge is 2.11. The van der Waals surface area contributed by atoms with Gasteiger partial charge in [-0.1, -0.05) is 6.92 Å². The van der Waals surface area contributed by atoms with Crippen molar-refractivity contribution in [2.24, 2.45) is 5.92 Å². The molecular formula is C11H18N4O3. The second kappa shape index (κ2) is 6.73. The van der Waals surface area contributed by atoms with Crippen LogP contribution in [0.15, 0.2) is 0 Å². The van der Waals surface area contributed by atoms with E-state index < -0.39 is 5.97 Å². The number of carboxylic acid groups (broad SMARTS) is 1. The number of aliphatic carboxylic acids is 1. The molecule has 1 amide bonds. The highest BCUT2D eigenvalue weighted by Crippen LogP contribution is 2.09. The lowest BCUT2D eigenvalue weighted by Gasteiger charge is -2.09. The van der Waals surface area contributed by atoms with Gasteiger partial charge in [0.05, 0.1) is 0 Å². The highest BCUT2D eigenvalue weighted by molar-refractivity contribution is 5.90. The predicted molar refractivity (Wildman–Crippen MR) is 64.1 cm³/mol. The second-order valence-corrected chi connectivity index (χ2v) is 4.33. The molecule has 0 aliphatic carbocycles. The lowest BCUT2D eigenvalue weighted by atomic mass is 10.0. The Labute approximate surface area is 105 Å². The fraction of sp³-hybridized carbons (Fsp3) is 0.636. The predicted octanol–water partition coefficient (Wildman–Crippen LogP) is 0.734. The molecule has 0 aromatic carbocycles. The Morgan fingerprint density at radius 1 is 1.44 bits per heavy atom. The Hall–Kier alpha value is -1.92. The maximum atomic E-state index is 11.6. The van der Waals surface area contributed by atoms with E-state index in [2.05, 4.69) is 20.5 Å². The molecule has 1 unspecified atom stereocenters. The average molecular weight is 254 g/mol. The molecule has 7 nitrogen and oxygen atoms in total. The number of carboxylic acids is 1. The number of carbonyl (C=O) groups is 2. The SMILES string of the molecule is Cc1nc(C(=O)NCCC(C)CCC(=O)O)n[nH]1. The van der Waals surface area contributed by atoms with Crippen LogP contribution in [0.2, 0.25) is 0 Å². The van der Waals surface area contributed by atoms with Gasteiger partial charge >= 0.3 is 5.97 Å². The molecule has 1 aromatic heterocycles. The maximum absolute atomic E-state index is 11.6. The number of nitrogens with one attached hydrogen (secondary N) is 2. The van der Waals surface area contributed by atoms with Gasteiger partial charge in [-0.15, -0.1) is 5.10 Å². The number of nitrogens with zero attached hydrogens (tertiary/aromatic N) is 2. The van der Waals surface area contributed by atoms with Crippen LogP contribution in [0.5, 0.6) is 0 Å². The standard InChI is InChI=1S/C11H18N4O3/c1-7(3-4-9(16)17)5-6-12-11(18)10-13-8(2)14-15-10/h7H,3-6H2,1-2H3,(H,12,18)(H,16,17)(H,13,14,15). The summed E-state index contributed by atoms with van der Waals surface area (Å²) in [6.45, 7) is 4.18. The number of aromatic amines is 1. The van der Waals surface area contributed by atoms with Crippen LogP contribution in [0.1, 0.15) is 42.6 Å². The van der Waals surface area contributed by atoms with Gasteiger partial charge in [-0.05, 0) is 25.7 Å². The summed E-state index contributed by atoms with van der Waals surface area (Å²) in [7, 11) is 0. The molecular weight excluding hydrogens is 236 g/mol. The average Bonchev–Trinajstić information content (AvgIpc) is 2.73. The van der Waals surface area contributed by atoms with E-state index in [4.69, 9.17) is 5.11 Å². The van der Waals surface area contributed by atoms with Gasteiger partial charge < -0.3 is 10.4 Å². The lowest BCUT2D eigenvalue weighted by molar-refractivity contribution is -0.137. The van der Waals surface area contributed by atoms with Gasteiger partial charge in [0.1, 0.15) is 5.82 Å². The minimum atomic E-state index is -0.790. The fourth-order valence-corrected chi connectivity index (χ4v) is 1.47. The van der Waals surface area contributed by atoms with Crippen molar-refractivity contribution in [3.8, 4) is 0 Å². The van der Waals surface area contributed by atoms with E-state index in [1.165, 1.54) is 0 Å². The summed E-state index contributed by atoms with van der Waals surface area (Å²) >= 11 is 0. The largest absolute Gasteiger partial charge is 0.481 e. The van der Waals surface area contributed by atoms with Gasteiger partial charge in [-0.25, -0.2) is 4.98 Å². The van der Waals surface area contributed by atoms with Crippen LogP contribution >= 0.6 is 0 Å². The van der Waals surface area contributed by atoms with Crippen LogP contribution in [0.4, 0.5) is 0 Å². The first-order chi connectivity index (χ1) is 8.49. The Kier molecular flexibility index (Phi) is 5.29. The molecule has 0 bridgehead atoms. The molecule has 0 aliphatic heterocycles. The summed E-state index contributed by atoms with van der Waals surface area (Å²) in [6.07, 6.45) is 1.52. The molecule has 0 fully saturated rings. The molecule has 7 heteroatoms. The number of hydrogen-bond donors (Lipinski definition) is 3. The van der Waals surface area contributed by atoms with Crippen LogP contribution in [-0.2, 0) is 4.79 Å². The number of aryl methyl sites for hydroxylation is 1. The summed E-state index contributed by atoms with van der Waals surface area (Å²) in [4.78, 5) is 25.9. The summed E-state index contributed by atoms with van der Waals surface area (Å²) in [5.41, 5.74) is 0. The van der Waals surface area contributed by atoms with Crippen molar-refractivity contribution in [3.63, 3.8) is 0 Å². The van der Waals surface area contributed by atoms with E-state index in [1.54, 1.807) is 6.92 Å². The number of aromatic nitrogens is 3. The van der Waals surface area contributed by atoms with Crippen LogP contribution < -0.4 is 5.32 Å². The number of carbonyl (C=O) groups excluding carboxylic acids is 1. The molecule has 1 heterocycles. The number of rotatable bonds is 7. The summed E-state index contributed by atoms with van der Waals surface area (Å²) in [6, 6.07) is 0. The number of hydrogen-bond acceptors (Lipinski definition) is 4. The minimum absolute atomic E-state index is 0.130. The van der Waals surface area contributed by atoms with Crippen LogP contribution in [0, 0.1) is 12.8 Å². The van der Waals surface area contributed by atoms with Crippen molar-refractivity contribution in [2.75, 3.05) is 6.54 Å². The Morgan fingerprint density at radius 3 is 2.72 bits per heavy atom. The third-order valence-corrected chi connectivity index (χ3v) is 2.57. The van der Waals surface area contributed by atoms with Gasteiger partial charge in [0, 0.05) is 13.0 Å². The van der Waals surface area contributed by atoms with E-state index in [-0.39, 0.29) is 24.1 Å². The first-order valence-electron chi connectivity index (χ1n) is 5.88. The fourth-order valence-electron chi connectivity index (χ4n) is 1.47. The number of H-pyrrole nitrogens is 1. The normalized spacial score (nSPS) is 12.1. The van der Waals surface area contributed by atoms with Gasteiger partial charge in [-0.3, -0.25) is 14.7 Å². The van der Waals surface area contributed by atoms with Crippen LogP contribution in [0.3, 0.4) is 0 Å². The molecule has 0 saturated heterocycles. The monoisotopic (exact) mass is 254 g/mol. The van der Waals surface area contributed by atoms with Crippen molar-refractivity contribution < 1.29 is 14.7 Å². The Balaban J connectivity index is 2.21. The van der Waals surface area contributed by atoms with E-state index in [0.29, 0.717) is 18.8 Å². The summed E-state index contributed by atoms with van der Waals surface area (Å²) in [5, 5.41) is 17.6. The zero-order valence-corrected chi connectivity index (χ0v) is 10.6. The Bertz CT molecular complexity index is 416. The molecule has 1 atom stereocenters. The third kappa shape index (κ3) is 4.94. The van der Waals surface area contributed by atoms with E-state index in [1.807, 2.05) is 6.92 Å². The summed E-state index contributed by atoms with van der Waals surface area (Å²) < 4.78 is 0. The van der Waals surface area contributed by atoms with E-state index in [9.17, 15) is 9.59 Å². The van der Waals surface area contributed by atoms with Gasteiger partial charge in [0.15, 0.2) is 0 Å². The quantitative estimate of drug-likeness (QED) is 0.665. The molecule has 0 radical (unpaired) electrons. The zero-order valence-electron chi connectivity index (χ0n) is 10.6. The third-order valence-electron chi connectivity index (χ3n) is 2.57. The van der Waals surface area contributed by atoms with Crippen LogP contribution in [0.25, 0.3) is 0 Å². The highest BCUT2D eigenvalue weighted by atomic mass is 16.4. The Morgan fingerprint density at radius 2 is 2.17 bits per heavy atom. The summed E-state index contributed by atoms with van der Waals surface area (Å²) in [5.74, 6) is -0.122.